The Balaban J connectivity index is 2.41. The van der Waals surface area contributed by atoms with Crippen LogP contribution < -0.4 is 5.90 Å². The van der Waals surface area contributed by atoms with Crippen LogP contribution in [0.3, 0.4) is 0 Å². The summed E-state index contributed by atoms with van der Waals surface area (Å²) in [5.74, 6) is 5.23. The molecule has 0 saturated carbocycles. The van der Waals surface area contributed by atoms with E-state index in [9.17, 15) is 4.79 Å². The van der Waals surface area contributed by atoms with Gasteiger partial charge in [0, 0.05) is 29.2 Å². The Kier molecular flexibility index (Phi) is 5.68. The number of benzene rings is 1. The predicted molar refractivity (Wildman–Crippen MR) is 90.5 cm³/mol. The molecule has 0 atom stereocenters. The van der Waals surface area contributed by atoms with Gasteiger partial charge in [0.05, 0.1) is 5.69 Å². The first-order valence-corrected chi connectivity index (χ1v) is 7.96. The molecule has 2 aromatic rings. The van der Waals surface area contributed by atoms with Crippen LogP contribution in [0.25, 0.3) is 0 Å². The maximum atomic E-state index is 11.4. The van der Waals surface area contributed by atoms with Crippen LogP contribution in [-0.2, 0) is 29.5 Å². The monoisotopic (exact) mass is 355 g/mol. The minimum Gasteiger partial charge on any atom is -0.373 e. The maximum Gasteiger partial charge on any atom is 0.331 e. The van der Waals surface area contributed by atoms with Crippen LogP contribution in [0.5, 0.6) is 0 Å². The highest BCUT2D eigenvalue weighted by molar-refractivity contribution is 6.34. The molecule has 0 spiro atoms. The van der Waals surface area contributed by atoms with Gasteiger partial charge in [0.25, 0.3) is 0 Å². The van der Waals surface area contributed by atoms with Gasteiger partial charge in [-0.05, 0) is 29.7 Å². The third-order valence-corrected chi connectivity index (χ3v) is 4.05. The lowest BCUT2D eigenvalue weighted by Gasteiger charge is -2.10. The van der Waals surface area contributed by atoms with Gasteiger partial charge in [0.2, 0.25) is 0 Å². The molecule has 1 heterocycles. The number of rotatable bonds is 5. The van der Waals surface area contributed by atoms with E-state index < -0.39 is 5.97 Å². The summed E-state index contributed by atoms with van der Waals surface area (Å²) in [4.78, 5) is 20.3. The van der Waals surface area contributed by atoms with E-state index in [0.717, 1.165) is 17.0 Å². The molecule has 1 aromatic carbocycles. The topological polar surface area (TPSA) is 70.1 Å². The third-order valence-electron chi connectivity index (χ3n) is 3.61. The van der Waals surface area contributed by atoms with Gasteiger partial charge in [0.1, 0.15) is 12.2 Å². The summed E-state index contributed by atoms with van der Waals surface area (Å²) >= 11 is 12.1. The average Bonchev–Trinajstić information content (AvgIpc) is 2.75. The Morgan fingerprint density at radius 2 is 1.91 bits per heavy atom. The van der Waals surface area contributed by atoms with Crippen LogP contribution in [0.4, 0.5) is 0 Å². The minimum atomic E-state index is -0.522. The molecule has 0 amide bonds. The molecule has 0 radical (unpaired) electrons. The van der Waals surface area contributed by atoms with Crippen molar-refractivity contribution < 1.29 is 9.63 Å². The molecule has 5 nitrogen and oxygen atoms in total. The molecular weight excluding hydrogens is 337 g/mol. The number of imidazole rings is 1. The lowest BCUT2D eigenvalue weighted by molar-refractivity contribution is -0.143. The van der Waals surface area contributed by atoms with Gasteiger partial charge in [-0.25, -0.2) is 9.78 Å². The number of aromatic nitrogens is 2. The van der Waals surface area contributed by atoms with Gasteiger partial charge in [-0.3, -0.25) is 0 Å². The van der Waals surface area contributed by atoms with Crippen molar-refractivity contribution in [3.05, 3.63) is 51.0 Å². The molecule has 0 unspecified atom stereocenters. The van der Waals surface area contributed by atoms with Crippen LogP contribution in [0.15, 0.2) is 18.2 Å². The van der Waals surface area contributed by atoms with Crippen molar-refractivity contribution >= 4 is 29.2 Å². The SMILES string of the molecule is CC(C)c1nc(CC(=O)ON)n(C)c1Cc1cc(Cl)cc(Cl)c1. The van der Waals surface area contributed by atoms with Crippen molar-refractivity contribution in [1.82, 2.24) is 9.55 Å². The van der Waals surface area contributed by atoms with Crippen molar-refractivity contribution in [2.24, 2.45) is 12.9 Å². The average molecular weight is 356 g/mol. The Hall–Kier alpha value is -1.56. The van der Waals surface area contributed by atoms with E-state index in [1.807, 2.05) is 23.7 Å². The van der Waals surface area contributed by atoms with Crippen molar-refractivity contribution in [3.8, 4) is 0 Å². The van der Waals surface area contributed by atoms with E-state index >= 15 is 0 Å². The van der Waals surface area contributed by atoms with Crippen LogP contribution in [0, 0.1) is 0 Å². The fourth-order valence-electron chi connectivity index (χ4n) is 2.51. The Morgan fingerprint density at radius 1 is 1.30 bits per heavy atom. The van der Waals surface area contributed by atoms with Gasteiger partial charge in [-0.2, -0.15) is 5.90 Å². The number of halogens is 2. The standard InChI is InChI=1S/C16H19Cl2N3O2/c1-9(2)16-13(6-10-4-11(17)7-12(18)5-10)21(3)14(20-16)8-15(22)23-19/h4-5,7,9H,6,8,19H2,1-3H3. The first kappa shape index (κ1) is 17.8. The van der Waals surface area contributed by atoms with E-state index in [-0.39, 0.29) is 12.3 Å². The molecule has 124 valence electrons. The minimum absolute atomic E-state index is 0.0308. The van der Waals surface area contributed by atoms with Crippen LogP contribution in [-0.4, -0.2) is 15.5 Å². The van der Waals surface area contributed by atoms with Gasteiger partial charge < -0.3 is 9.40 Å². The number of hydrogen-bond donors (Lipinski definition) is 1. The third kappa shape index (κ3) is 4.25. The van der Waals surface area contributed by atoms with Crippen molar-refractivity contribution in [2.75, 3.05) is 0 Å². The number of hydrogen-bond acceptors (Lipinski definition) is 4. The van der Waals surface area contributed by atoms with Crippen LogP contribution in [0.2, 0.25) is 10.0 Å². The quantitative estimate of drug-likeness (QED) is 0.834. The molecular formula is C16H19Cl2N3O2. The fraction of sp³-hybridized carbons (Fsp3) is 0.375. The molecule has 0 fully saturated rings. The summed E-state index contributed by atoms with van der Waals surface area (Å²) in [5, 5.41) is 1.18. The molecule has 0 aliphatic heterocycles. The van der Waals surface area contributed by atoms with Crippen molar-refractivity contribution in [2.45, 2.75) is 32.6 Å². The highest BCUT2D eigenvalue weighted by Crippen LogP contribution is 2.26. The predicted octanol–water partition coefficient (Wildman–Crippen LogP) is 3.40. The second-order valence-corrected chi connectivity index (χ2v) is 6.57. The van der Waals surface area contributed by atoms with Gasteiger partial charge in [-0.15, -0.1) is 0 Å². The van der Waals surface area contributed by atoms with Gasteiger partial charge >= 0.3 is 5.97 Å². The molecule has 0 aliphatic rings. The lowest BCUT2D eigenvalue weighted by atomic mass is 10.0. The largest absolute Gasteiger partial charge is 0.373 e. The normalized spacial score (nSPS) is 11.1. The zero-order valence-electron chi connectivity index (χ0n) is 13.3. The first-order valence-electron chi connectivity index (χ1n) is 7.20. The number of carbonyl (C=O) groups excluding carboxylic acids is 1. The summed E-state index contributed by atoms with van der Waals surface area (Å²) in [6, 6.07) is 5.44. The fourth-order valence-corrected chi connectivity index (χ4v) is 3.08. The highest BCUT2D eigenvalue weighted by atomic mass is 35.5. The second kappa shape index (κ2) is 7.34. The van der Waals surface area contributed by atoms with Gasteiger partial charge in [0.15, 0.2) is 0 Å². The highest BCUT2D eigenvalue weighted by Gasteiger charge is 2.19. The molecule has 0 aliphatic carbocycles. The van der Waals surface area contributed by atoms with E-state index in [2.05, 4.69) is 23.7 Å². The van der Waals surface area contributed by atoms with Crippen molar-refractivity contribution in [1.29, 1.82) is 0 Å². The summed E-state index contributed by atoms with van der Waals surface area (Å²) in [7, 11) is 1.87. The maximum absolute atomic E-state index is 11.4. The molecule has 7 heteroatoms. The summed E-state index contributed by atoms with van der Waals surface area (Å²) in [5.41, 5.74) is 2.93. The summed E-state index contributed by atoms with van der Waals surface area (Å²) < 4.78 is 1.90. The van der Waals surface area contributed by atoms with Crippen LogP contribution >= 0.6 is 23.2 Å². The molecule has 0 saturated heterocycles. The second-order valence-electron chi connectivity index (χ2n) is 5.69. The Bertz CT molecular complexity index is 706. The molecule has 1 aromatic heterocycles. The smallest absolute Gasteiger partial charge is 0.331 e. The lowest BCUT2D eigenvalue weighted by Crippen LogP contribution is -2.15. The van der Waals surface area contributed by atoms with E-state index in [1.165, 1.54) is 0 Å². The molecule has 0 bridgehead atoms. The first-order chi connectivity index (χ1) is 10.8. The number of nitrogens with zero attached hydrogens (tertiary/aromatic N) is 2. The number of nitrogens with two attached hydrogens (primary N) is 1. The molecule has 2 rings (SSSR count). The number of carbonyl (C=O) groups is 1. The van der Waals surface area contributed by atoms with E-state index in [0.29, 0.717) is 22.3 Å². The van der Waals surface area contributed by atoms with Gasteiger partial charge in [-0.1, -0.05) is 37.0 Å². The Labute approximate surface area is 145 Å². The zero-order valence-corrected chi connectivity index (χ0v) is 14.8. The van der Waals surface area contributed by atoms with Crippen molar-refractivity contribution in [3.63, 3.8) is 0 Å². The van der Waals surface area contributed by atoms with E-state index in [4.69, 9.17) is 29.1 Å². The zero-order chi connectivity index (χ0) is 17.1. The Morgan fingerprint density at radius 3 is 2.43 bits per heavy atom. The van der Waals surface area contributed by atoms with Crippen LogP contribution in [0.1, 0.15) is 42.5 Å². The summed E-state index contributed by atoms with van der Waals surface area (Å²) in [6.45, 7) is 4.11. The molecule has 2 N–H and O–H groups in total. The summed E-state index contributed by atoms with van der Waals surface area (Å²) in [6.07, 6.45) is 0.651. The van der Waals surface area contributed by atoms with E-state index in [1.54, 1.807) is 6.07 Å². The molecule has 23 heavy (non-hydrogen) atoms.